The van der Waals surface area contributed by atoms with Gasteiger partial charge in [0.2, 0.25) is 0 Å². The quantitative estimate of drug-likeness (QED) is 0.784. The van der Waals surface area contributed by atoms with E-state index in [2.05, 4.69) is 10.3 Å². The third-order valence-corrected chi connectivity index (χ3v) is 3.27. The van der Waals surface area contributed by atoms with Gasteiger partial charge in [0.05, 0.1) is 0 Å². The van der Waals surface area contributed by atoms with Crippen LogP contribution < -0.4 is 10.2 Å². The molecule has 1 aliphatic carbocycles. The summed E-state index contributed by atoms with van der Waals surface area (Å²) in [7, 11) is 0. The van der Waals surface area contributed by atoms with E-state index in [0.717, 1.165) is 17.7 Å². The van der Waals surface area contributed by atoms with Crippen LogP contribution in [0.3, 0.4) is 0 Å². The number of rotatable bonds is 7. The molecule has 0 bridgehead atoms. The highest BCUT2D eigenvalue weighted by atomic mass is 19.4. The number of hydrogen-bond donors (Lipinski definition) is 1. The largest absolute Gasteiger partial charge is 0.405 e. The van der Waals surface area contributed by atoms with Gasteiger partial charge in [0.1, 0.15) is 6.54 Å². The van der Waals surface area contributed by atoms with Crippen molar-refractivity contribution < 1.29 is 17.6 Å². The minimum atomic E-state index is -4.38. The average molecular weight is 305 g/mol. The van der Waals surface area contributed by atoms with Gasteiger partial charge in [-0.2, -0.15) is 13.2 Å². The molecule has 0 radical (unpaired) electrons. The van der Waals surface area contributed by atoms with E-state index >= 15 is 0 Å². The van der Waals surface area contributed by atoms with Gasteiger partial charge < -0.3 is 10.2 Å². The summed E-state index contributed by atoms with van der Waals surface area (Å²) in [6.45, 7) is 0.991. The summed E-state index contributed by atoms with van der Waals surface area (Å²) in [5.74, 6) is -0.882. The highest BCUT2D eigenvalue weighted by molar-refractivity contribution is 5.43. The number of aromatic nitrogens is 1. The Morgan fingerprint density at radius 3 is 2.67 bits per heavy atom. The summed E-state index contributed by atoms with van der Waals surface area (Å²) < 4.78 is 52.2. The highest BCUT2D eigenvalue weighted by Crippen LogP contribution is 2.25. The van der Waals surface area contributed by atoms with Crippen LogP contribution in [0.5, 0.6) is 0 Å². The van der Waals surface area contributed by atoms with Crippen LogP contribution in [0.2, 0.25) is 0 Å². The third kappa shape index (κ3) is 4.84. The lowest BCUT2D eigenvalue weighted by atomic mass is 10.2. The Morgan fingerprint density at radius 1 is 1.38 bits per heavy atom. The van der Waals surface area contributed by atoms with Gasteiger partial charge in [0.15, 0.2) is 11.6 Å². The molecule has 1 aliphatic rings. The lowest BCUT2D eigenvalue weighted by Gasteiger charge is -2.25. The molecular weight excluding hydrogens is 286 g/mol. The summed E-state index contributed by atoms with van der Waals surface area (Å²) in [5, 5.41) is 3.15. The fourth-order valence-electron chi connectivity index (χ4n) is 2.12. The van der Waals surface area contributed by atoms with E-state index in [1.54, 1.807) is 6.92 Å². The maximum absolute atomic E-state index is 14.4. The van der Waals surface area contributed by atoms with Crippen molar-refractivity contribution in [2.24, 2.45) is 0 Å². The normalized spacial score (nSPS) is 15.3. The summed E-state index contributed by atoms with van der Waals surface area (Å²) in [6, 6.07) is 1.91. The molecule has 0 aromatic carbocycles. The predicted octanol–water partition coefficient (Wildman–Crippen LogP) is 3.25. The Hall–Kier alpha value is -1.37. The lowest BCUT2D eigenvalue weighted by Crippen LogP contribution is -2.36. The maximum atomic E-state index is 14.4. The number of hydrogen-bond acceptors (Lipinski definition) is 3. The van der Waals surface area contributed by atoms with Gasteiger partial charge in [0, 0.05) is 30.9 Å². The number of alkyl halides is 3. The summed E-state index contributed by atoms with van der Waals surface area (Å²) >= 11 is 0. The van der Waals surface area contributed by atoms with Crippen LogP contribution in [-0.2, 0) is 6.54 Å². The Labute approximate surface area is 121 Å². The Bertz CT molecular complexity index is 472. The number of anilines is 1. The van der Waals surface area contributed by atoms with Gasteiger partial charge in [-0.15, -0.1) is 0 Å². The molecule has 118 valence electrons. The number of nitrogens with zero attached hydrogens (tertiary/aromatic N) is 2. The summed E-state index contributed by atoms with van der Waals surface area (Å²) in [5.41, 5.74) is 0.357. The second-order valence-corrected chi connectivity index (χ2v) is 5.30. The van der Waals surface area contributed by atoms with Crippen molar-refractivity contribution in [2.45, 2.75) is 44.9 Å². The molecule has 1 saturated carbocycles. The molecule has 0 aliphatic heterocycles. The highest BCUT2D eigenvalue weighted by Gasteiger charge is 2.32. The van der Waals surface area contributed by atoms with E-state index in [-0.39, 0.29) is 12.4 Å². The van der Waals surface area contributed by atoms with Gasteiger partial charge in [-0.05, 0) is 25.3 Å². The fourth-order valence-corrected chi connectivity index (χ4v) is 2.12. The molecule has 3 nitrogen and oxygen atoms in total. The lowest BCUT2D eigenvalue weighted by molar-refractivity contribution is -0.119. The van der Waals surface area contributed by atoms with E-state index in [1.165, 1.54) is 12.3 Å². The molecule has 1 N–H and O–H groups in total. The number of pyridine rings is 1. The van der Waals surface area contributed by atoms with Gasteiger partial charge in [-0.1, -0.05) is 6.92 Å². The molecule has 1 aromatic rings. The first-order chi connectivity index (χ1) is 9.90. The topological polar surface area (TPSA) is 28.2 Å². The van der Waals surface area contributed by atoms with Crippen molar-refractivity contribution in [3.05, 3.63) is 23.6 Å². The minimum absolute atomic E-state index is 0.114. The maximum Gasteiger partial charge on any atom is 0.405 e. The van der Waals surface area contributed by atoms with Crippen molar-refractivity contribution in [1.82, 2.24) is 10.3 Å². The molecule has 0 amide bonds. The van der Waals surface area contributed by atoms with Gasteiger partial charge in [0.25, 0.3) is 0 Å². The predicted molar refractivity (Wildman–Crippen MR) is 72.6 cm³/mol. The van der Waals surface area contributed by atoms with Crippen molar-refractivity contribution >= 4 is 5.82 Å². The molecule has 21 heavy (non-hydrogen) atoms. The number of halogens is 4. The molecule has 1 fully saturated rings. The van der Waals surface area contributed by atoms with Crippen LogP contribution in [-0.4, -0.2) is 30.3 Å². The van der Waals surface area contributed by atoms with Crippen LogP contribution in [0.4, 0.5) is 23.4 Å². The van der Waals surface area contributed by atoms with Crippen molar-refractivity contribution in [1.29, 1.82) is 0 Å². The molecule has 0 spiro atoms. The monoisotopic (exact) mass is 305 g/mol. The first-order valence-corrected chi connectivity index (χ1v) is 7.09. The Morgan fingerprint density at radius 2 is 2.10 bits per heavy atom. The molecule has 7 heteroatoms. The fraction of sp³-hybridized carbons (Fsp3) is 0.643. The summed E-state index contributed by atoms with van der Waals surface area (Å²) in [4.78, 5) is 4.76. The van der Waals surface area contributed by atoms with E-state index < -0.39 is 18.5 Å². The van der Waals surface area contributed by atoms with E-state index in [0.29, 0.717) is 24.6 Å². The zero-order valence-corrected chi connectivity index (χ0v) is 11.9. The molecule has 1 heterocycles. The van der Waals surface area contributed by atoms with E-state index in [4.69, 9.17) is 0 Å². The Balaban J connectivity index is 2.16. The SMILES string of the molecule is CCCN(CC(F)(F)F)c1nccc(CNC2CC2)c1F. The smallest absolute Gasteiger partial charge is 0.345 e. The first kappa shape index (κ1) is 16.0. The molecule has 0 atom stereocenters. The molecule has 0 saturated heterocycles. The van der Waals surface area contributed by atoms with Gasteiger partial charge in [-0.3, -0.25) is 0 Å². The van der Waals surface area contributed by atoms with Crippen LogP contribution in [0.15, 0.2) is 12.3 Å². The molecule has 2 rings (SSSR count). The van der Waals surface area contributed by atoms with E-state index in [1.807, 2.05) is 0 Å². The van der Waals surface area contributed by atoms with Crippen molar-refractivity contribution in [3.8, 4) is 0 Å². The van der Waals surface area contributed by atoms with Crippen LogP contribution >= 0.6 is 0 Å². The van der Waals surface area contributed by atoms with Crippen LogP contribution in [0.1, 0.15) is 31.7 Å². The van der Waals surface area contributed by atoms with Gasteiger partial charge in [-0.25, -0.2) is 9.37 Å². The standard InChI is InChI=1S/C14H19F4N3/c1-2-7-21(9-14(16,17)18)13-12(15)10(5-6-19-13)8-20-11-3-4-11/h5-6,11,20H,2-4,7-9H2,1H3. The Kier molecular flexibility index (Phi) is 5.03. The molecular formula is C14H19F4N3. The van der Waals surface area contributed by atoms with Crippen molar-refractivity contribution in [3.63, 3.8) is 0 Å². The third-order valence-electron chi connectivity index (χ3n) is 3.27. The minimum Gasteiger partial charge on any atom is -0.345 e. The molecule has 1 aromatic heterocycles. The second kappa shape index (κ2) is 6.60. The average Bonchev–Trinajstić information content (AvgIpc) is 3.19. The second-order valence-electron chi connectivity index (χ2n) is 5.30. The van der Waals surface area contributed by atoms with Gasteiger partial charge >= 0.3 is 6.18 Å². The first-order valence-electron chi connectivity index (χ1n) is 7.09. The number of nitrogens with one attached hydrogen (secondary N) is 1. The van der Waals surface area contributed by atoms with Crippen LogP contribution in [0, 0.1) is 5.82 Å². The molecule has 0 unspecified atom stereocenters. The summed E-state index contributed by atoms with van der Waals surface area (Å²) in [6.07, 6.45) is -0.403. The zero-order valence-electron chi connectivity index (χ0n) is 11.9. The van der Waals surface area contributed by atoms with Crippen molar-refractivity contribution in [2.75, 3.05) is 18.0 Å². The van der Waals surface area contributed by atoms with E-state index in [9.17, 15) is 17.6 Å². The van der Waals surface area contributed by atoms with Crippen LogP contribution in [0.25, 0.3) is 0 Å². The zero-order chi connectivity index (χ0) is 15.5.